The van der Waals surface area contributed by atoms with Crippen molar-refractivity contribution in [2.75, 3.05) is 19.7 Å². The number of rotatable bonds is 5. The van der Waals surface area contributed by atoms with Crippen LogP contribution in [-0.4, -0.2) is 36.4 Å². The third-order valence-electron chi connectivity index (χ3n) is 4.50. The second kappa shape index (κ2) is 7.83. The Balaban J connectivity index is 1.54. The average molecular weight is 338 g/mol. The minimum absolute atomic E-state index is 0.0316. The fourth-order valence-electron chi connectivity index (χ4n) is 3.05. The quantitative estimate of drug-likeness (QED) is 0.910. The number of hydrogen-bond acceptors (Lipinski definition) is 3. The van der Waals surface area contributed by atoms with E-state index in [9.17, 15) is 9.59 Å². The van der Waals surface area contributed by atoms with Gasteiger partial charge in [0.2, 0.25) is 5.91 Å². The lowest BCUT2D eigenvalue weighted by Crippen LogP contribution is -2.45. The maximum Gasteiger partial charge on any atom is 0.260 e. The van der Waals surface area contributed by atoms with E-state index in [2.05, 4.69) is 0 Å². The fraction of sp³-hybridized carbons (Fsp3) is 0.300. The summed E-state index contributed by atoms with van der Waals surface area (Å²) in [6.45, 7) is 1.01. The number of primary amides is 1. The van der Waals surface area contributed by atoms with Crippen LogP contribution in [-0.2, 0) is 9.59 Å². The van der Waals surface area contributed by atoms with Gasteiger partial charge in [0.25, 0.3) is 5.91 Å². The Morgan fingerprint density at radius 3 is 2.40 bits per heavy atom. The van der Waals surface area contributed by atoms with Crippen LogP contribution < -0.4 is 10.5 Å². The van der Waals surface area contributed by atoms with Crippen molar-refractivity contribution in [3.63, 3.8) is 0 Å². The van der Waals surface area contributed by atoms with Gasteiger partial charge in [0.05, 0.1) is 5.92 Å². The van der Waals surface area contributed by atoms with Crippen LogP contribution in [0.25, 0.3) is 11.1 Å². The summed E-state index contributed by atoms with van der Waals surface area (Å²) in [6.07, 6.45) is 1.55. The van der Waals surface area contributed by atoms with Crippen molar-refractivity contribution in [1.29, 1.82) is 0 Å². The molecule has 1 saturated heterocycles. The molecule has 2 aromatic carbocycles. The zero-order chi connectivity index (χ0) is 17.6. The molecule has 1 heterocycles. The predicted octanol–water partition coefficient (Wildman–Crippen LogP) is 2.46. The number of carbonyl (C=O) groups is 2. The lowest BCUT2D eigenvalue weighted by atomic mass is 9.97. The van der Waals surface area contributed by atoms with E-state index in [1.54, 1.807) is 4.90 Å². The molecule has 1 aliphatic heterocycles. The average Bonchev–Trinajstić information content (AvgIpc) is 2.67. The molecule has 0 aliphatic carbocycles. The lowest BCUT2D eigenvalue weighted by Gasteiger charge is -2.31. The minimum Gasteiger partial charge on any atom is -0.484 e. The Hall–Kier alpha value is -2.82. The van der Waals surface area contributed by atoms with Crippen molar-refractivity contribution in [3.8, 4) is 16.9 Å². The third-order valence-corrected chi connectivity index (χ3v) is 4.50. The van der Waals surface area contributed by atoms with Crippen molar-refractivity contribution < 1.29 is 14.3 Å². The second-order valence-electron chi connectivity index (χ2n) is 6.26. The van der Waals surface area contributed by atoms with Gasteiger partial charge in [-0.15, -0.1) is 0 Å². The minimum atomic E-state index is -0.338. The predicted molar refractivity (Wildman–Crippen MR) is 95.9 cm³/mol. The van der Waals surface area contributed by atoms with E-state index in [-0.39, 0.29) is 24.3 Å². The van der Waals surface area contributed by atoms with Gasteiger partial charge in [0, 0.05) is 13.1 Å². The van der Waals surface area contributed by atoms with E-state index < -0.39 is 0 Å². The third kappa shape index (κ3) is 4.38. The lowest BCUT2D eigenvalue weighted by molar-refractivity contribution is -0.136. The van der Waals surface area contributed by atoms with Crippen LogP contribution in [0.15, 0.2) is 54.6 Å². The van der Waals surface area contributed by atoms with E-state index in [4.69, 9.17) is 10.5 Å². The molecule has 25 heavy (non-hydrogen) atoms. The highest BCUT2D eigenvalue weighted by molar-refractivity contribution is 5.81. The zero-order valence-corrected chi connectivity index (χ0v) is 14.1. The molecule has 0 spiro atoms. The first kappa shape index (κ1) is 17.0. The van der Waals surface area contributed by atoms with Gasteiger partial charge in [-0.3, -0.25) is 9.59 Å². The molecule has 1 unspecified atom stereocenters. The molecule has 1 atom stereocenters. The molecule has 2 amide bonds. The van der Waals surface area contributed by atoms with E-state index in [1.807, 2.05) is 54.6 Å². The zero-order valence-electron chi connectivity index (χ0n) is 14.1. The number of amides is 2. The molecule has 2 aromatic rings. The van der Waals surface area contributed by atoms with Gasteiger partial charge < -0.3 is 15.4 Å². The number of nitrogens with zero attached hydrogens (tertiary/aromatic N) is 1. The van der Waals surface area contributed by atoms with E-state index in [0.29, 0.717) is 18.8 Å². The summed E-state index contributed by atoms with van der Waals surface area (Å²) < 4.78 is 5.60. The maximum absolute atomic E-state index is 12.3. The molecular formula is C20H22N2O3. The first-order valence-corrected chi connectivity index (χ1v) is 8.49. The Bertz CT molecular complexity index is 728. The molecule has 0 bridgehead atoms. The Kier molecular flexibility index (Phi) is 5.33. The van der Waals surface area contributed by atoms with Crippen molar-refractivity contribution in [2.45, 2.75) is 12.8 Å². The Morgan fingerprint density at radius 2 is 1.72 bits per heavy atom. The van der Waals surface area contributed by atoms with Crippen LogP contribution in [0.4, 0.5) is 0 Å². The van der Waals surface area contributed by atoms with Gasteiger partial charge >= 0.3 is 0 Å². The number of benzene rings is 2. The number of nitrogens with two attached hydrogens (primary N) is 1. The van der Waals surface area contributed by atoms with Gasteiger partial charge in [-0.05, 0) is 36.1 Å². The van der Waals surface area contributed by atoms with Crippen LogP contribution in [0.5, 0.6) is 5.75 Å². The molecular weight excluding hydrogens is 316 g/mol. The summed E-state index contributed by atoms with van der Waals surface area (Å²) in [4.78, 5) is 25.2. The highest BCUT2D eigenvalue weighted by Gasteiger charge is 2.27. The van der Waals surface area contributed by atoms with Crippen LogP contribution in [0.1, 0.15) is 12.8 Å². The standard InChI is InChI=1S/C20H22N2O3/c21-20(24)17-7-4-12-22(13-17)19(23)14-25-18-10-8-16(9-11-18)15-5-2-1-3-6-15/h1-3,5-6,8-11,17H,4,7,12-14H2,(H2,21,24). The smallest absolute Gasteiger partial charge is 0.260 e. The summed E-state index contributed by atoms with van der Waals surface area (Å²) in [5, 5.41) is 0. The number of likely N-dealkylation sites (tertiary alicyclic amines) is 1. The molecule has 1 fully saturated rings. The number of hydrogen-bond donors (Lipinski definition) is 1. The van der Waals surface area contributed by atoms with Crippen LogP contribution >= 0.6 is 0 Å². The van der Waals surface area contributed by atoms with E-state index in [0.717, 1.165) is 24.0 Å². The van der Waals surface area contributed by atoms with E-state index in [1.165, 1.54) is 0 Å². The van der Waals surface area contributed by atoms with Gasteiger partial charge in [-0.1, -0.05) is 42.5 Å². The first-order valence-electron chi connectivity index (χ1n) is 8.49. The number of ether oxygens (including phenoxy) is 1. The summed E-state index contributed by atoms with van der Waals surface area (Å²) in [5.41, 5.74) is 7.58. The number of carbonyl (C=O) groups excluding carboxylic acids is 2. The largest absolute Gasteiger partial charge is 0.484 e. The fourth-order valence-corrected chi connectivity index (χ4v) is 3.05. The molecule has 1 aliphatic rings. The highest BCUT2D eigenvalue weighted by Crippen LogP contribution is 2.22. The summed E-state index contributed by atoms with van der Waals surface area (Å²) in [7, 11) is 0. The van der Waals surface area contributed by atoms with Crippen LogP contribution in [0, 0.1) is 5.92 Å². The van der Waals surface area contributed by atoms with Crippen LogP contribution in [0.2, 0.25) is 0 Å². The van der Waals surface area contributed by atoms with Crippen molar-refractivity contribution in [3.05, 3.63) is 54.6 Å². The molecule has 2 N–H and O–H groups in total. The van der Waals surface area contributed by atoms with Gasteiger partial charge in [0.15, 0.2) is 6.61 Å². The normalized spacial score (nSPS) is 17.1. The van der Waals surface area contributed by atoms with Crippen LogP contribution in [0.3, 0.4) is 0 Å². The summed E-state index contributed by atoms with van der Waals surface area (Å²) >= 11 is 0. The van der Waals surface area contributed by atoms with Crippen molar-refractivity contribution in [2.24, 2.45) is 11.7 Å². The summed E-state index contributed by atoms with van der Waals surface area (Å²) in [6, 6.07) is 17.7. The van der Waals surface area contributed by atoms with Gasteiger partial charge in [-0.25, -0.2) is 0 Å². The SMILES string of the molecule is NC(=O)C1CCCN(C(=O)COc2ccc(-c3ccccc3)cc2)C1. The Morgan fingerprint density at radius 1 is 1.04 bits per heavy atom. The molecule has 3 rings (SSSR count). The second-order valence-corrected chi connectivity index (χ2v) is 6.26. The van der Waals surface area contributed by atoms with Gasteiger partial charge in [0.1, 0.15) is 5.75 Å². The van der Waals surface area contributed by atoms with E-state index >= 15 is 0 Å². The molecule has 5 nitrogen and oxygen atoms in total. The molecule has 130 valence electrons. The molecule has 5 heteroatoms. The Labute approximate surface area is 147 Å². The molecule has 0 saturated carbocycles. The highest BCUT2D eigenvalue weighted by atomic mass is 16.5. The topological polar surface area (TPSA) is 72.6 Å². The van der Waals surface area contributed by atoms with Crippen molar-refractivity contribution >= 4 is 11.8 Å². The monoisotopic (exact) mass is 338 g/mol. The van der Waals surface area contributed by atoms with Gasteiger partial charge in [-0.2, -0.15) is 0 Å². The molecule has 0 radical (unpaired) electrons. The summed E-state index contributed by atoms with van der Waals surface area (Å²) in [5.74, 6) is -0.0487. The van der Waals surface area contributed by atoms with Crippen molar-refractivity contribution in [1.82, 2.24) is 4.90 Å². The number of piperidine rings is 1. The first-order chi connectivity index (χ1) is 12.1. The molecule has 0 aromatic heterocycles. The maximum atomic E-state index is 12.3.